The molecule has 4 heteroatoms. The lowest BCUT2D eigenvalue weighted by atomic mass is 9.94. The van der Waals surface area contributed by atoms with Gasteiger partial charge < -0.3 is 4.42 Å². The van der Waals surface area contributed by atoms with Crippen molar-refractivity contribution in [1.82, 2.24) is 10.2 Å². The van der Waals surface area contributed by atoms with Crippen molar-refractivity contribution in [2.75, 3.05) is 0 Å². The highest BCUT2D eigenvalue weighted by Gasteiger charge is 2.23. The Balaban J connectivity index is 2.32. The van der Waals surface area contributed by atoms with Crippen molar-refractivity contribution in [2.24, 2.45) is 0 Å². The number of hydrogen-bond donors (Lipinski definition) is 1. The molecule has 1 aliphatic carbocycles. The van der Waals surface area contributed by atoms with Gasteiger partial charge in [-0.15, -0.1) is 0 Å². The van der Waals surface area contributed by atoms with E-state index < -0.39 is 0 Å². The molecule has 0 unspecified atom stereocenters. The Morgan fingerprint density at radius 2 is 2.43 bits per heavy atom. The van der Waals surface area contributed by atoms with Gasteiger partial charge in [0.2, 0.25) is 0 Å². The minimum Gasteiger partial charge on any atom is -0.468 e. The monoisotopic (exact) mass is 188 g/mol. The molecule has 2 heterocycles. The minimum absolute atomic E-state index is 0.602. The number of carbonyl (C=O) groups excluding carboxylic acids is 1. The summed E-state index contributed by atoms with van der Waals surface area (Å²) in [5, 5.41) is 6.88. The summed E-state index contributed by atoms with van der Waals surface area (Å²) < 4.78 is 5.33. The molecule has 14 heavy (non-hydrogen) atoms. The van der Waals surface area contributed by atoms with Gasteiger partial charge in [-0.25, -0.2) is 0 Å². The fraction of sp³-hybridized carbons (Fsp3) is 0.200. The number of furan rings is 1. The number of aldehydes is 1. The molecule has 1 N–H and O–H groups in total. The van der Waals surface area contributed by atoms with Crippen molar-refractivity contribution < 1.29 is 9.21 Å². The lowest BCUT2D eigenvalue weighted by Gasteiger charge is -2.09. The van der Waals surface area contributed by atoms with Crippen molar-refractivity contribution in [3.8, 4) is 11.3 Å². The van der Waals surface area contributed by atoms with Crippen LogP contribution in [0.25, 0.3) is 11.3 Å². The van der Waals surface area contributed by atoms with E-state index in [2.05, 4.69) is 10.2 Å². The molecule has 1 aliphatic rings. The first-order valence-electron chi connectivity index (χ1n) is 4.48. The highest BCUT2D eigenvalue weighted by Crippen LogP contribution is 2.34. The van der Waals surface area contributed by atoms with Crippen LogP contribution in [0.15, 0.2) is 16.9 Å². The van der Waals surface area contributed by atoms with Crippen LogP contribution in [0, 0.1) is 0 Å². The zero-order valence-corrected chi connectivity index (χ0v) is 7.41. The van der Waals surface area contributed by atoms with Gasteiger partial charge in [0, 0.05) is 6.42 Å². The maximum atomic E-state index is 10.8. The van der Waals surface area contributed by atoms with Crippen LogP contribution in [0.1, 0.15) is 21.7 Å². The van der Waals surface area contributed by atoms with Crippen molar-refractivity contribution in [3.63, 3.8) is 0 Å². The van der Waals surface area contributed by atoms with E-state index in [-0.39, 0.29) is 0 Å². The minimum atomic E-state index is 0.602. The van der Waals surface area contributed by atoms with Gasteiger partial charge in [-0.3, -0.25) is 9.89 Å². The SMILES string of the molecule is O=Cc1coc2c1-c1[nH]ncc1CC2. The van der Waals surface area contributed by atoms with E-state index in [4.69, 9.17) is 4.42 Å². The lowest BCUT2D eigenvalue weighted by Crippen LogP contribution is -2.01. The molecular weight excluding hydrogens is 180 g/mol. The van der Waals surface area contributed by atoms with Gasteiger partial charge in [-0.05, 0) is 12.0 Å². The van der Waals surface area contributed by atoms with E-state index in [1.807, 2.05) is 0 Å². The number of aromatic amines is 1. The van der Waals surface area contributed by atoms with E-state index in [1.54, 1.807) is 6.20 Å². The van der Waals surface area contributed by atoms with Crippen LogP contribution in [-0.2, 0) is 12.8 Å². The molecule has 0 aromatic carbocycles. The van der Waals surface area contributed by atoms with Gasteiger partial charge in [-0.1, -0.05) is 0 Å². The van der Waals surface area contributed by atoms with Crippen molar-refractivity contribution in [1.29, 1.82) is 0 Å². The molecule has 70 valence electrons. The molecule has 0 radical (unpaired) electrons. The second kappa shape index (κ2) is 2.57. The summed E-state index contributed by atoms with van der Waals surface area (Å²) in [6.45, 7) is 0. The smallest absolute Gasteiger partial charge is 0.153 e. The van der Waals surface area contributed by atoms with E-state index in [9.17, 15) is 4.79 Å². The first-order valence-corrected chi connectivity index (χ1v) is 4.48. The van der Waals surface area contributed by atoms with Crippen molar-refractivity contribution in [2.45, 2.75) is 12.8 Å². The summed E-state index contributed by atoms with van der Waals surface area (Å²) in [6.07, 6.45) is 5.89. The molecule has 3 rings (SSSR count). The van der Waals surface area contributed by atoms with Gasteiger partial charge in [0.25, 0.3) is 0 Å². The van der Waals surface area contributed by atoms with Crippen LogP contribution in [0.5, 0.6) is 0 Å². The second-order valence-electron chi connectivity index (χ2n) is 3.38. The summed E-state index contributed by atoms with van der Waals surface area (Å²) >= 11 is 0. The third-order valence-corrected chi connectivity index (χ3v) is 2.61. The highest BCUT2D eigenvalue weighted by molar-refractivity contribution is 5.88. The zero-order valence-electron chi connectivity index (χ0n) is 7.41. The first kappa shape index (κ1) is 7.55. The van der Waals surface area contributed by atoms with E-state index >= 15 is 0 Å². The molecule has 0 fully saturated rings. The molecule has 0 saturated carbocycles. The average molecular weight is 188 g/mol. The van der Waals surface area contributed by atoms with Gasteiger partial charge in [-0.2, -0.15) is 5.10 Å². The number of hydrogen-bond acceptors (Lipinski definition) is 3. The maximum Gasteiger partial charge on any atom is 0.153 e. The van der Waals surface area contributed by atoms with Gasteiger partial charge in [0.1, 0.15) is 12.0 Å². The number of carbonyl (C=O) groups is 1. The fourth-order valence-electron chi connectivity index (χ4n) is 1.93. The summed E-state index contributed by atoms with van der Waals surface area (Å²) in [4.78, 5) is 10.8. The predicted octanol–water partition coefficient (Wildman–Crippen LogP) is 1.58. The number of nitrogens with zero attached hydrogens (tertiary/aromatic N) is 1. The molecule has 0 bridgehead atoms. The topological polar surface area (TPSA) is 58.9 Å². The molecule has 0 saturated heterocycles. The lowest BCUT2D eigenvalue weighted by molar-refractivity contribution is 0.112. The van der Waals surface area contributed by atoms with E-state index in [0.29, 0.717) is 5.56 Å². The van der Waals surface area contributed by atoms with Gasteiger partial charge in [0.15, 0.2) is 6.29 Å². The summed E-state index contributed by atoms with van der Waals surface area (Å²) in [5.41, 5.74) is 3.58. The van der Waals surface area contributed by atoms with E-state index in [0.717, 1.165) is 41.7 Å². The molecule has 0 amide bonds. The Bertz CT molecular complexity index is 496. The molecular formula is C10H8N2O2. The third kappa shape index (κ3) is 0.824. The molecule has 2 aromatic heterocycles. The Kier molecular flexibility index (Phi) is 1.39. The van der Waals surface area contributed by atoms with Crippen LogP contribution in [0.4, 0.5) is 0 Å². The summed E-state index contributed by atoms with van der Waals surface area (Å²) in [6, 6.07) is 0. The van der Waals surface area contributed by atoms with Crippen LogP contribution in [0.2, 0.25) is 0 Å². The normalized spacial score (nSPS) is 13.4. The van der Waals surface area contributed by atoms with Crippen LogP contribution in [-0.4, -0.2) is 16.5 Å². The van der Waals surface area contributed by atoms with Crippen LogP contribution >= 0.6 is 0 Å². The maximum absolute atomic E-state index is 10.8. The number of fused-ring (bicyclic) bond motifs is 3. The first-order chi connectivity index (χ1) is 6.90. The molecule has 0 aliphatic heterocycles. The Morgan fingerprint density at radius 1 is 1.50 bits per heavy atom. The Labute approximate surface area is 79.9 Å². The summed E-state index contributed by atoms with van der Waals surface area (Å²) in [7, 11) is 0. The number of rotatable bonds is 1. The third-order valence-electron chi connectivity index (χ3n) is 2.61. The average Bonchev–Trinajstić information content (AvgIpc) is 2.82. The quantitative estimate of drug-likeness (QED) is 0.691. The predicted molar refractivity (Wildman–Crippen MR) is 49.1 cm³/mol. The zero-order chi connectivity index (χ0) is 9.54. The highest BCUT2D eigenvalue weighted by atomic mass is 16.3. The van der Waals surface area contributed by atoms with Crippen molar-refractivity contribution >= 4 is 6.29 Å². The molecule has 2 aromatic rings. The van der Waals surface area contributed by atoms with Gasteiger partial charge in [0.05, 0.1) is 23.0 Å². The number of nitrogens with one attached hydrogen (secondary N) is 1. The van der Waals surface area contributed by atoms with Gasteiger partial charge >= 0.3 is 0 Å². The van der Waals surface area contributed by atoms with Crippen LogP contribution < -0.4 is 0 Å². The van der Waals surface area contributed by atoms with Crippen LogP contribution in [0.3, 0.4) is 0 Å². The summed E-state index contributed by atoms with van der Waals surface area (Å²) in [5.74, 6) is 0.879. The molecule has 0 spiro atoms. The number of aromatic nitrogens is 2. The molecule has 4 nitrogen and oxygen atoms in total. The fourth-order valence-corrected chi connectivity index (χ4v) is 1.93. The number of aryl methyl sites for hydroxylation is 2. The molecule has 0 atom stereocenters. The van der Waals surface area contributed by atoms with E-state index in [1.165, 1.54) is 6.26 Å². The number of H-pyrrole nitrogens is 1. The second-order valence-corrected chi connectivity index (χ2v) is 3.38. The van der Waals surface area contributed by atoms with Crippen molar-refractivity contribution in [3.05, 3.63) is 29.3 Å². The Hall–Kier alpha value is -1.84. The largest absolute Gasteiger partial charge is 0.468 e. The standard InChI is InChI=1S/C10H8N2O2/c13-4-7-5-14-8-2-1-6-3-11-12-10(6)9(7)8/h3-5H,1-2H2,(H,11,12). The Morgan fingerprint density at radius 3 is 3.29 bits per heavy atom.